The Morgan fingerprint density at radius 1 is 1.39 bits per heavy atom. The Morgan fingerprint density at radius 2 is 2.26 bits per heavy atom. The van der Waals surface area contributed by atoms with Crippen molar-refractivity contribution in [2.75, 3.05) is 26.2 Å². The van der Waals surface area contributed by atoms with E-state index in [1.807, 2.05) is 11.8 Å². The molecule has 0 aliphatic carbocycles. The van der Waals surface area contributed by atoms with Gasteiger partial charge in [-0.1, -0.05) is 0 Å². The van der Waals surface area contributed by atoms with Gasteiger partial charge >= 0.3 is 0 Å². The molecule has 23 heavy (non-hydrogen) atoms. The van der Waals surface area contributed by atoms with Gasteiger partial charge < -0.3 is 20.0 Å². The fraction of sp³-hybridized carbons (Fsp3) is 0.647. The molecule has 0 unspecified atom stereocenters. The monoisotopic (exact) mass is 319 g/mol. The molecule has 2 fully saturated rings. The van der Waals surface area contributed by atoms with E-state index < -0.39 is 0 Å². The molecule has 2 atom stereocenters. The van der Waals surface area contributed by atoms with E-state index in [0.717, 1.165) is 38.8 Å². The molecule has 126 valence electrons. The Labute approximate surface area is 136 Å². The molecule has 3 rings (SSSR count). The minimum atomic E-state index is -0.0371. The van der Waals surface area contributed by atoms with Crippen LogP contribution >= 0.6 is 0 Å². The first-order valence-electron chi connectivity index (χ1n) is 8.49. The van der Waals surface area contributed by atoms with Gasteiger partial charge in [0.25, 0.3) is 5.91 Å². The van der Waals surface area contributed by atoms with E-state index in [-0.39, 0.29) is 17.9 Å². The zero-order chi connectivity index (χ0) is 16.2. The van der Waals surface area contributed by atoms with E-state index in [0.29, 0.717) is 30.3 Å². The maximum absolute atomic E-state index is 12.5. The first kappa shape index (κ1) is 16.1. The molecule has 2 N–H and O–H groups in total. The second-order valence-corrected chi connectivity index (χ2v) is 6.54. The maximum Gasteiger partial charge on any atom is 0.257 e. The second-order valence-electron chi connectivity index (χ2n) is 6.54. The molecule has 0 aromatic carbocycles. The minimum absolute atomic E-state index is 0.0322. The normalized spacial score (nSPS) is 24.7. The maximum atomic E-state index is 12.5. The average Bonchev–Trinajstić information content (AvgIpc) is 3.23. The average molecular weight is 319 g/mol. The molecule has 0 saturated carbocycles. The predicted molar refractivity (Wildman–Crippen MR) is 86.1 cm³/mol. The highest BCUT2D eigenvalue weighted by Gasteiger charge is 2.27. The zero-order valence-electron chi connectivity index (χ0n) is 13.6. The summed E-state index contributed by atoms with van der Waals surface area (Å²) in [6.07, 6.45) is 5.56. The lowest BCUT2D eigenvalue weighted by molar-refractivity contribution is -0.123. The molecule has 3 heterocycles. The summed E-state index contributed by atoms with van der Waals surface area (Å²) in [7, 11) is 0. The third kappa shape index (κ3) is 3.75. The van der Waals surface area contributed by atoms with Gasteiger partial charge in [-0.05, 0) is 51.1 Å². The summed E-state index contributed by atoms with van der Waals surface area (Å²) in [5.41, 5.74) is 0.643. The van der Waals surface area contributed by atoms with Crippen LogP contribution in [0.5, 0.6) is 0 Å². The number of furan rings is 1. The van der Waals surface area contributed by atoms with Crippen LogP contribution in [0.25, 0.3) is 0 Å². The van der Waals surface area contributed by atoms with Gasteiger partial charge in [-0.2, -0.15) is 0 Å². The SMILES string of the molecule is Cc1occc1C(=O)N1CCC[C@@H](CNC(=O)[C@@H]2CCCN2)C1. The van der Waals surface area contributed by atoms with Gasteiger partial charge in [0.05, 0.1) is 17.9 Å². The van der Waals surface area contributed by atoms with Crippen LogP contribution in [0, 0.1) is 12.8 Å². The molecule has 2 aliphatic heterocycles. The van der Waals surface area contributed by atoms with Crippen LogP contribution in [-0.4, -0.2) is 48.9 Å². The van der Waals surface area contributed by atoms with Gasteiger partial charge in [-0.15, -0.1) is 0 Å². The summed E-state index contributed by atoms with van der Waals surface area (Å²) < 4.78 is 5.23. The number of carbonyl (C=O) groups is 2. The molecular formula is C17H25N3O3. The third-order valence-corrected chi connectivity index (χ3v) is 4.84. The quantitative estimate of drug-likeness (QED) is 0.877. The molecule has 1 aromatic rings. The zero-order valence-corrected chi connectivity index (χ0v) is 13.6. The molecular weight excluding hydrogens is 294 g/mol. The molecule has 0 radical (unpaired) electrons. The predicted octanol–water partition coefficient (Wildman–Crippen LogP) is 1.31. The molecule has 2 amide bonds. The number of hydrogen-bond donors (Lipinski definition) is 2. The lowest BCUT2D eigenvalue weighted by atomic mass is 9.97. The Morgan fingerprint density at radius 3 is 2.96 bits per heavy atom. The highest BCUT2D eigenvalue weighted by molar-refractivity contribution is 5.95. The Bertz CT molecular complexity index is 563. The first-order valence-corrected chi connectivity index (χ1v) is 8.49. The summed E-state index contributed by atoms with van der Waals surface area (Å²) >= 11 is 0. The number of rotatable bonds is 4. The summed E-state index contributed by atoms with van der Waals surface area (Å²) in [4.78, 5) is 26.5. The van der Waals surface area contributed by atoms with Gasteiger partial charge in [0, 0.05) is 19.6 Å². The number of carbonyl (C=O) groups excluding carboxylic acids is 2. The van der Waals surface area contributed by atoms with Crippen molar-refractivity contribution < 1.29 is 14.0 Å². The molecule has 0 spiro atoms. The van der Waals surface area contributed by atoms with Gasteiger partial charge in [-0.25, -0.2) is 0 Å². The Balaban J connectivity index is 1.51. The van der Waals surface area contributed by atoms with Crippen molar-refractivity contribution >= 4 is 11.8 Å². The lowest BCUT2D eigenvalue weighted by Crippen LogP contribution is -2.46. The van der Waals surface area contributed by atoms with Gasteiger partial charge in [0.15, 0.2) is 0 Å². The lowest BCUT2D eigenvalue weighted by Gasteiger charge is -2.33. The van der Waals surface area contributed by atoms with Crippen molar-refractivity contribution in [2.45, 2.75) is 38.6 Å². The molecule has 6 nitrogen and oxygen atoms in total. The van der Waals surface area contributed by atoms with Crippen molar-refractivity contribution in [3.8, 4) is 0 Å². The van der Waals surface area contributed by atoms with Crippen LogP contribution in [0.4, 0.5) is 0 Å². The van der Waals surface area contributed by atoms with E-state index in [1.165, 1.54) is 0 Å². The van der Waals surface area contributed by atoms with E-state index in [4.69, 9.17) is 4.42 Å². The number of likely N-dealkylation sites (tertiary alicyclic amines) is 1. The standard InChI is InChI=1S/C17H25N3O3/c1-12-14(6-9-23-12)17(22)20-8-3-4-13(11-20)10-19-16(21)15-5-2-7-18-15/h6,9,13,15,18H,2-5,7-8,10-11H2,1H3,(H,19,21)/t13-,15-/m0/s1. The molecule has 1 aromatic heterocycles. The largest absolute Gasteiger partial charge is 0.469 e. The van der Waals surface area contributed by atoms with Crippen LogP contribution < -0.4 is 10.6 Å². The molecule has 2 saturated heterocycles. The fourth-order valence-electron chi connectivity index (χ4n) is 3.47. The van der Waals surface area contributed by atoms with Crippen molar-refractivity contribution in [3.05, 3.63) is 23.7 Å². The second kappa shape index (κ2) is 7.17. The molecule has 6 heteroatoms. The number of aryl methyl sites for hydroxylation is 1. The van der Waals surface area contributed by atoms with Gasteiger partial charge in [0.1, 0.15) is 5.76 Å². The Kier molecular flexibility index (Phi) is 5.00. The number of nitrogens with zero attached hydrogens (tertiary/aromatic N) is 1. The van der Waals surface area contributed by atoms with Crippen LogP contribution in [-0.2, 0) is 4.79 Å². The number of piperidine rings is 1. The van der Waals surface area contributed by atoms with Crippen molar-refractivity contribution in [2.24, 2.45) is 5.92 Å². The minimum Gasteiger partial charge on any atom is -0.469 e. The van der Waals surface area contributed by atoms with Gasteiger partial charge in [0.2, 0.25) is 5.91 Å². The highest BCUT2D eigenvalue weighted by Crippen LogP contribution is 2.20. The smallest absolute Gasteiger partial charge is 0.257 e. The van der Waals surface area contributed by atoms with Crippen LogP contribution in [0.15, 0.2) is 16.7 Å². The summed E-state index contributed by atoms with van der Waals surface area (Å²) in [6, 6.07) is 1.69. The van der Waals surface area contributed by atoms with E-state index in [2.05, 4.69) is 10.6 Å². The Hall–Kier alpha value is -1.82. The highest BCUT2D eigenvalue weighted by atomic mass is 16.3. The van der Waals surface area contributed by atoms with Crippen LogP contribution in [0.2, 0.25) is 0 Å². The van der Waals surface area contributed by atoms with E-state index in [1.54, 1.807) is 12.3 Å². The van der Waals surface area contributed by atoms with Gasteiger partial charge in [-0.3, -0.25) is 9.59 Å². The van der Waals surface area contributed by atoms with Crippen molar-refractivity contribution in [1.82, 2.24) is 15.5 Å². The summed E-state index contributed by atoms with van der Waals surface area (Å²) in [5, 5.41) is 6.25. The van der Waals surface area contributed by atoms with E-state index in [9.17, 15) is 9.59 Å². The van der Waals surface area contributed by atoms with Crippen LogP contribution in [0.3, 0.4) is 0 Å². The first-order chi connectivity index (χ1) is 11.1. The van der Waals surface area contributed by atoms with Crippen molar-refractivity contribution in [3.63, 3.8) is 0 Å². The van der Waals surface area contributed by atoms with Crippen LogP contribution in [0.1, 0.15) is 41.8 Å². The van der Waals surface area contributed by atoms with E-state index >= 15 is 0 Å². The summed E-state index contributed by atoms with van der Waals surface area (Å²) in [6.45, 7) is 4.85. The fourth-order valence-corrected chi connectivity index (χ4v) is 3.47. The number of hydrogen-bond acceptors (Lipinski definition) is 4. The summed E-state index contributed by atoms with van der Waals surface area (Å²) in [5.74, 6) is 1.12. The number of amides is 2. The molecule has 0 bridgehead atoms. The molecule has 2 aliphatic rings. The number of nitrogens with one attached hydrogen (secondary N) is 2. The topological polar surface area (TPSA) is 74.6 Å². The third-order valence-electron chi connectivity index (χ3n) is 4.84. The van der Waals surface area contributed by atoms with Crippen molar-refractivity contribution in [1.29, 1.82) is 0 Å².